The van der Waals surface area contributed by atoms with Gasteiger partial charge in [-0.05, 0) is 42.7 Å². The molecule has 0 fully saturated rings. The van der Waals surface area contributed by atoms with Crippen LogP contribution in [0.2, 0.25) is 0 Å². The van der Waals surface area contributed by atoms with Crippen LogP contribution in [-0.4, -0.2) is 33.4 Å². The highest BCUT2D eigenvalue weighted by molar-refractivity contribution is 5.81. The van der Waals surface area contributed by atoms with Gasteiger partial charge >= 0.3 is 11.9 Å². The second-order valence-corrected chi connectivity index (χ2v) is 5.34. The third kappa shape index (κ3) is 3.17. The van der Waals surface area contributed by atoms with Crippen LogP contribution in [0.15, 0.2) is 24.3 Å². The van der Waals surface area contributed by atoms with Crippen LogP contribution in [0.4, 0.5) is 0 Å². The first kappa shape index (κ1) is 14.5. The van der Waals surface area contributed by atoms with Crippen molar-refractivity contribution in [3.05, 3.63) is 35.4 Å². The van der Waals surface area contributed by atoms with Crippen LogP contribution in [0.3, 0.4) is 0 Å². The Labute approximate surface area is 116 Å². The average molecular weight is 278 g/mol. The Bertz CT molecular complexity index is 511. The van der Waals surface area contributed by atoms with Gasteiger partial charge in [-0.3, -0.25) is 4.79 Å². The van der Waals surface area contributed by atoms with E-state index in [1.165, 1.54) is 11.1 Å². The highest BCUT2D eigenvalue weighted by Crippen LogP contribution is 2.30. The lowest BCUT2D eigenvalue weighted by Crippen LogP contribution is -2.36. The maximum atomic E-state index is 11.1. The molecule has 5 nitrogen and oxygen atoms in total. The molecule has 0 aromatic heterocycles. The monoisotopic (exact) mass is 278 g/mol. The Morgan fingerprint density at radius 1 is 1.15 bits per heavy atom. The standard InChI is InChI=1S/C15H18O5/c16-13(15(19)20)12(14(17)18)8-9-5-6-10-3-1-2-4-11(10)7-9/h1-4,9,12-13,16H,5-8H2,(H,17,18)(H,19,20)/t9-,12?,13?/m1/s1. The fraction of sp³-hybridized carbons (Fsp3) is 0.467. The molecule has 1 aromatic carbocycles. The maximum Gasteiger partial charge on any atom is 0.333 e. The summed E-state index contributed by atoms with van der Waals surface area (Å²) in [6.07, 6.45) is 0.789. The number of carboxylic acid groups (broad SMARTS) is 2. The lowest BCUT2D eigenvalue weighted by atomic mass is 9.78. The third-order valence-electron chi connectivity index (χ3n) is 3.99. The molecule has 0 heterocycles. The van der Waals surface area contributed by atoms with E-state index >= 15 is 0 Å². The van der Waals surface area contributed by atoms with E-state index in [0.29, 0.717) is 0 Å². The van der Waals surface area contributed by atoms with E-state index in [1.807, 2.05) is 18.2 Å². The zero-order valence-corrected chi connectivity index (χ0v) is 11.0. The highest BCUT2D eigenvalue weighted by atomic mass is 16.4. The maximum absolute atomic E-state index is 11.1. The molecule has 0 radical (unpaired) electrons. The van der Waals surface area contributed by atoms with E-state index in [0.717, 1.165) is 19.3 Å². The number of aliphatic hydroxyl groups is 1. The first-order valence-corrected chi connectivity index (χ1v) is 6.69. The number of aryl methyl sites for hydroxylation is 1. The van der Waals surface area contributed by atoms with Gasteiger partial charge in [0.25, 0.3) is 0 Å². The summed E-state index contributed by atoms with van der Waals surface area (Å²) in [6.45, 7) is 0. The van der Waals surface area contributed by atoms with Crippen LogP contribution in [0.5, 0.6) is 0 Å². The molecule has 3 atom stereocenters. The fourth-order valence-corrected chi connectivity index (χ4v) is 2.87. The van der Waals surface area contributed by atoms with Crippen molar-refractivity contribution >= 4 is 11.9 Å². The van der Waals surface area contributed by atoms with Gasteiger partial charge in [0.05, 0.1) is 5.92 Å². The second-order valence-electron chi connectivity index (χ2n) is 5.34. The Morgan fingerprint density at radius 3 is 2.40 bits per heavy atom. The molecule has 0 aliphatic heterocycles. The molecule has 5 heteroatoms. The van der Waals surface area contributed by atoms with Crippen molar-refractivity contribution in [2.75, 3.05) is 0 Å². The van der Waals surface area contributed by atoms with Crippen LogP contribution >= 0.6 is 0 Å². The minimum absolute atomic E-state index is 0.0972. The Balaban J connectivity index is 2.06. The molecule has 0 saturated heterocycles. The van der Waals surface area contributed by atoms with Gasteiger partial charge in [0.1, 0.15) is 0 Å². The normalized spacial score (nSPS) is 20.8. The first-order valence-electron chi connectivity index (χ1n) is 6.69. The summed E-state index contributed by atoms with van der Waals surface area (Å²) in [7, 11) is 0. The molecule has 2 unspecified atom stereocenters. The fourth-order valence-electron chi connectivity index (χ4n) is 2.87. The smallest absolute Gasteiger partial charge is 0.333 e. The van der Waals surface area contributed by atoms with Crippen LogP contribution in [0.25, 0.3) is 0 Å². The van der Waals surface area contributed by atoms with Crippen molar-refractivity contribution in [2.45, 2.75) is 31.8 Å². The predicted molar refractivity (Wildman–Crippen MR) is 71.3 cm³/mol. The third-order valence-corrected chi connectivity index (χ3v) is 3.99. The Morgan fingerprint density at radius 2 is 1.80 bits per heavy atom. The van der Waals surface area contributed by atoms with Crippen molar-refractivity contribution in [1.29, 1.82) is 0 Å². The van der Waals surface area contributed by atoms with Gasteiger partial charge in [-0.15, -0.1) is 0 Å². The molecule has 2 rings (SSSR count). The molecule has 0 saturated carbocycles. The van der Waals surface area contributed by atoms with Crippen molar-refractivity contribution < 1.29 is 24.9 Å². The van der Waals surface area contributed by atoms with E-state index in [9.17, 15) is 14.7 Å². The molecule has 108 valence electrons. The lowest BCUT2D eigenvalue weighted by molar-refractivity contribution is -0.160. The van der Waals surface area contributed by atoms with Crippen molar-refractivity contribution in [3.63, 3.8) is 0 Å². The molecule has 1 aliphatic carbocycles. The number of rotatable bonds is 5. The summed E-state index contributed by atoms with van der Waals surface area (Å²) in [5.41, 5.74) is 2.46. The minimum Gasteiger partial charge on any atom is -0.481 e. The summed E-state index contributed by atoms with van der Waals surface area (Å²) < 4.78 is 0. The van der Waals surface area contributed by atoms with Crippen molar-refractivity contribution in [3.8, 4) is 0 Å². The quantitative estimate of drug-likeness (QED) is 0.755. The van der Waals surface area contributed by atoms with Crippen molar-refractivity contribution in [2.24, 2.45) is 11.8 Å². The van der Waals surface area contributed by atoms with Gasteiger partial charge in [-0.1, -0.05) is 24.3 Å². The van der Waals surface area contributed by atoms with Crippen LogP contribution < -0.4 is 0 Å². The van der Waals surface area contributed by atoms with Gasteiger partial charge < -0.3 is 15.3 Å². The predicted octanol–water partition coefficient (Wildman–Crippen LogP) is 1.33. The summed E-state index contributed by atoms with van der Waals surface area (Å²) >= 11 is 0. The molecule has 20 heavy (non-hydrogen) atoms. The van der Waals surface area contributed by atoms with E-state index in [-0.39, 0.29) is 12.3 Å². The van der Waals surface area contributed by atoms with E-state index < -0.39 is 24.0 Å². The molecule has 0 bridgehead atoms. The molecule has 0 spiro atoms. The van der Waals surface area contributed by atoms with Gasteiger partial charge in [0.15, 0.2) is 6.10 Å². The van der Waals surface area contributed by atoms with E-state index in [4.69, 9.17) is 10.2 Å². The van der Waals surface area contributed by atoms with Crippen LogP contribution in [0.1, 0.15) is 24.0 Å². The van der Waals surface area contributed by atoms with E-state index in [2.05, 4.69) is 6.07 Å². The molecular weight excluding hydrogens is 260 g/mol. The average Bonchev–Trinajstić information content (AvgIpc) is 2.43. The first-order chi connectivity index (χ1) is 9.49. The summed E-state index contributed by atoms with van der Waals surface area (Å²) in [5, 5.41) is 27.4. The zero-order chi connectivity index (χ0) is 14.7. The molecular formula is C15H18O5. The van der Waals surface area contributed by atoms with E-state index in [1.54, 1.807) is 0 Å². The molecule has 3 N–H and O–H groups in total. The second kappa shape index (κ2) is 6.05. The number of hydrogen-bond acceptors (Lipinski definition) is 3. The molecule has 0 amide bonds. The number of fused-ring (bicyclic) bond motifs is 1. The number of aliphatic carboxylic acids is 2. The van der Waals surface area contributed by atoms with Gasteiger partial charge in [0.2, 0.25) is 0 Å². The summed E-state index contributed by atoms with van der Waals surface area (Å²) in [4.78, 5) is 21.9. The number of carboxylic acids is 2. The van der Waals surface area contributed by atoms with Crippen LogP contribution in [-0.2, 0) is 22.4 Å². The number of aliphatic hydroxyl groups excluding tert-OH is 1. The summed E-state index contributed by atoms with van der Waals surface area (Å²) in [6, 6.07) is 8.01. The van der Waals surface area contributed by atoms with Gasteiger partial charge in [-0.25, -0.2) is 4.79 Å². The summed E-state index contributed by atoms with van der Waals surface area (Å²) in [5.74, 6) is -3.88. The molecule has 1 aromatic rings. The van der Waals surface area contributed by atoms with Gasteiger partial charge in [0, 0.05) is 0 Å². The zero-order valence-electron chi connectivity index (χ0n) is 11.0. The number of carbonyl (C=O) groups is 2. The van der Waals surface area contributed by atoms with Crippen molar-refractivity contribution in [1.82, 2.24) is 0 Å². The topological polar surface area (TPSA) is 94.8 Å². The largest absolute Gasteiger partial charge is 0.481 e. The lowest BCUT2D eigenvalue weighted by Gasteiger charge is -2.27. The minimum atomic E-state index is -1.84. The SMILES string of the molecule is O=C(O)C(O)C(C[C@@H]1CCc2ccccc2C1)C(=O)O. The Kier molecular flexibility index (Phi) is 4.39. The highest BCUT2D eigenvalue weighted by Gasteiger charge is 2.34. The Hall–Kier alpha value is -1.88. The van der Waals surface area contributed by atoms with Crippen LogP contribution in [0, 0.1) is 11.8 Å². The molecule has 1 aliphatic rings. The number of benzene rings is 1. The van der Waals surface area contributed by atoms with Gasteiger partial charge in [-0.2, -0.15) is 0 Å². The number of hydrogen-bond donors (Lipinski definition) is 3.